The summed E-state index contributed by atoms with van der Waals surface area (Å²) in [6, 6.07) is 0. The van der Waals surface area contributed by atoms with E-state index in [2.05, 4.69) is 50.3 Å². The molecule has 13 nitrogen and oxygen atoms in total. The summed E-state index contributed by atoms with van der Waals surface area (Å²) in [5.41, 5.74) is 0. The summed E-state index contributed by atoms with van der Waals surface area (Å²) in [5, 5.41) is 49.6. The summed E-state index contributed by atoms with van der Waals surface area (Å²) in [5.74, 6) is -1.19. The summed E-state index contributed by atoms with van der Waals surface area (Å²) >= 11 is 0. The number of hydrogen-bond donors (Lipinski definition) is 6. The SMILES string of the molecule is CC/C=C/C/C=C/C/C=C/C/C=C/CCCC(=O)O[C@H](COC(=O)CCCCCCC)COP(=O)(O)OC1[C@H](O)[C@H](O)C(O)[C@H](O)[C@H]1O. The molecule has 0 aromatic rings. The average molecular weight is 705 g/mol. The summed E-state index contributed by atoms with van der Waals surface area (Å²) < 4.78 is 33.0. The van der Waals surface area contributed by atoms with Gasteiger partial charge in [-0.15, -0.1) is 0 Å². The molecular weight excluding hydrogens is 647 g/mol. The number of carbonyl (C=O) groups is 2. The first-order valence-electron chi connectivity index (χ1n) is 16.9. The van der Waals surface area contributed by atoms with Crippen LogP contribution >= 0.6 is 7.82 Å². The molecule has 6 N–H and O–H groups in total. The lowest BCUT2D eigenvalue weighted by Crippen LogP contribution is -2.64. The Morgan fingerprint density at radius 3 is 1.77 bits per heavy atom. The van der Waals surface area contributed by atoms with Crippen LogP contribution in [0.5, 0.6) is 0 Å². The lowest BCUT2D eigenvalue weighted by atomic mass is 9.85. The van der Waals surface area contributed by atoms with Crippen molar-refractivity contribution in [1.29, 1.82) is 0 Å². The Balaban J connectivity index is 2.62. The van der Waals surface area contributed by atoms with Crippen LogP contribution in [0.1, 0.15) is 97.3 Å². The predicted molar refractivity (Wildman–Crippen MR) is 179 cm³/mol. The minimum atomic E-state index is -5.11. The van der Waals surface area contributed by atoms with Gasteiger partial charge in [0.15, 0.2) is 6.10 Å². The Hall–Kier alpha value is -2.19. The van der Waals surface area contributed by atoms with Gasteiger partial charge in [0.1, 0.15) is 43.2 Å². The quantitative estimate of drug-likeness (QED) is 0.0343. The maximum atomic E-state index is 12.6. The van der Waals surface area contributed by atoms with Crippen molar-refractivity contribution >= 4 is 19.8 Å². The van der Waals surface area contributed by atoms with Gasteiger partial charge >= 0.3 is 19.8 Å². The van der Waals surface area contributed by atoms with E-state index in [4.69, 9.17) is 18.5 Å². The van der Waals surface area contributed by atoms with E-state index in [0.29, 0.717) is 19.3 Å². The molecule has 0 radical (unpaired) electrons. The first-order chi connectivity index (χ1) is 22.9. The number of phosphoric acid groups is 1. The molecule has 0 heterocycles. The number of esters is 2. The molecule has 8 atom stereocenters. The number of phosphoric ester groups is 1. The molecule has 0 bridgehead atoms. The Morgan fingerprint density at radius 1 is 0.667 bits per heavy atom. The molecule has 1 aliphatic rings. The van der Waals surface area contributed by atoms with Crippen molar-refractivity contribution in [2.75, 3.05) is 13.2 Å². The van der Waals surface area contributed by atoms with Gasteiger partial charge in [-0.1, -0.05) is 88.1 Å². The normalized spacial score (nSPS) is 25.2. The van der Waals surface area contributed by atoms with Crippen LogP contribution in [-0.2, 0) is 32.7 Å². The van der Waals surface area contributed by atoms with E-state index < -0.39 is 75.7 Å². The monoisotopic (exact) mass is 704 g/mol. The highest BCUT2D eigenvalue weighted by atomic mass is 31.2. The number of aliphatic hydroxyl groups excluding tert-OH is 5. The van der Waals surface area contributed by atoms with E-state index in [1.165, 1.54) is 0 Å². The zero-order chi connectivity index (χ0) is 35.8. The van der Waals surface area contributed by atoms with Crippen molar-refractivity contribution in [2.24, 2.45) is 0 Å². The molecule has 1 fully saturated rings. The third-order valence-electron chi connectivity index (χ3n) is 7.43. The van der Waals surface area contributed by atoms with Gasteiger partial charge in [0.05, 0.1) is 6.61 Å². The van der Waals surface area contributed by atoms with Crippen molar-refractivity contribution in [1.82, 2.24) is 0 Å². The molecule has 0 spiro atoms. The van der Waals surface area contributed by atoms with Crippen molar-refractivity contribution in [3.63, 3.8) is 0 Å². The number of unbranched alkanes of at least 4 members (excludes halogenated alkanes) is 5. The van der Waals surface area contributed by atoms with E-state index in [1.54, 1.807) is 0 Å². The molecule has 48 heavy (non-hydrogen) atoms. The Bertz CT molecular complexity index is 1040. The third-order valence-corrected chi connectivity index (χ3v) is 8.42. The molecule has 1 aliphatic carbocycles. The lowest BCUT2D eigenvalue weighted by molar-refractivity contribution is -0.220. The second-order valence-corrected chi connectivity index (χ2v) is 13.0. The maximum Gasteiger partial charge on any atom is 0.472 e. The minimum absolute atomic E-state index is 0.0190. The predicted octanol–water partition coefficient (Wildman–Crippen LogP) is 4.10. The number of rotatable bonds is 25. The van der Waals surface area contributed by atoms with Gasteiger partial charge in [0.25, 0.3) is 0 Å². The Morgan fingerprint density at radius 2 is 1.19 bits per heavy atom. The number of hydrogen-bond acceptors (Lipinski definition) is 12. The molecule has 1 rings (SSSR count). The van der Waals surface area contributed by atoms with Crippen LogP contribution in [-0.4, -0.2) is 98.3 Å². The van der Waals surface area contributed by atoms with E-state index >= 15 is 0 Å². The van der Waals surface area contributed by atoms with Crippen molar-refractivity contribution in [3.05, 3.63) is 48.6 Å². The van der Waals surface area contributed by atoms with Crippen molar-refractivity contribution in [2.45, 2.75) is 140 Å². The van der Waals surface area contributed by atoms with Gasteiger partial charge in [-0.05, 0) is 44.9 Å². The maximum absolute atomic E-state index is 12.6. The minimum Gasteiger partial charge on any atom is -0.462 e. The number of allylic oxidation sites excluding steroid dienone is 8. The fourth-order valence-electron chi connectivity index (χ4n) is 4.64. The van der Waals surface area contributed by atoms with Crippen LogP contribution in [0.25, 0.3) is 0 Å². The van der Waals surface area contributed by atoms with E-state index in [1.807, 2.05) is 12.2 Å². The second kappa shape index (κ2) is 25.7. The molecule has 14 heteroatoms. The second-order valence-electron chi connectivity index (χ2n) is 11.6. The summed E-state index contributed by atoms with van der Waals surface area (Å²) in [7, 11) is -5.11. The van der Waals surface area contributed by atoms with Crippen LogP contribution in [0.4, 0.5) is 0 Å². The molecule has 1 saturated carbocycles. The molecule has 0 aromatic heterocycles. The van der Waals surface area contributed by atoms with Crippen LogP contribution in [0.3, 0.4) is 0 Å². The van der Waals surface area contributed by atoms with E-state index in [9.17, 15) is 44.6 Å². The highest BCUT2D eigenvalue weighted by Crippen LogP contribution is 2.47. The topological polar surface area (TPSA) is 210 Å². The summed E-state index contributed by atoms with van der Waals surface area (Å²) in [4.78, 5) is 35.0. The van der Waals surface area contributed by atoms with Crippen LogP contribution in [0.15, 0.2) is 48.6 Å². The standard InChI is InChI=1S/C34H57O13P/c1-3-5-7-9-10-11-12-13-14-15-16-17-19-21-23-28(36)46-26(24-44-27(35)22-20-18-8-6-4-2)25-45-48(42,43)47-34-32(40)30(38)29(37)31(39)33(34)41/h5,7,10-11,13-14,16-17,26,29-34,37-41H,3-4,6,8-9,12,15,18-25H2,1-2H3,(H,42,43)/b7-5+,11-10+,14-13+,17-16+/t26-,29?,30-,31+,32-,33-,34?/m1/s1. The number of carbonyl (C=O) groups excluding carboxylic acids is 2. The first-order valence-corrected chi connectivity index (χ1v) is 18.4. The molecule has 0 saturated heterocycles. The molecule has 0 aliphatic heterocycles. The van der Waals surface area contributed by atoms with Crippen LogP contribution in [0.2, 0.25) is 0 Å². The highest BCUT2D eigenvalue weighted by Gasteiger charge is 2.51. The zero-order valence-electron chi connectivity index (χ0n) is 28.3. The molecule has 0 aromatic carbocycles. The molecule has 276 valence electrons. The fraction of sp³-hybridized carbons (Fsp3) is 0.706. The number of ether oxygens (including phenoxy) is 2. The molecule has 0 amide bonds. The average Bonchev–Trinajstić information content (AvgIpc) is 3.06. The van der Waals surface area contributed by atoms with Crippen LogP contribution < -0.4 is 0 Å². The van der Waals surface area contributed by atoms with Crippen molar-refractivity contribution < 1.29 is 63.1 Å². The largest absolute Gasteiger partial charge is 0.472 e. The van der Waals surface area contributed by atoms with Gasteiger partial charge in [-0.25, -0.2) is 4.57 Å². The van der Waals surface area contributed by atoms with Gasteiger partial charge in [-0.3, -0.25) is 18.6 Å². The first kappa shape index (κ1) is 43.8. The van der Waals surface area contributed by atoms with E-state index in [-0.39, 0.29) is 12.8 Å². The van der Waals surface area contributed by atoms with Gasteiger partial charge in [0.2, 0.25) is 0 Å². The summed E-state index contributed by atoms with van der Waals surface area (Å²) in [6.45, 7) is 2.96. The highest BCUT2D eigenvalue weighted by molar-refractivity contribution is 7.47. The Labute approximate surface area is 284 Å². The summed E-state index contributed by atoms with van der Waals surface area (Å²) in [6.07, 6.45) is 12.7. The fourth-order valence-corrected chi connectivity index (χ4v) is 5.61. The smallest absolute Gasteiger partial charge is 0.462 e. The Kier molecular flexibility index (Phi) is 23.5. The van der Waals surface area contributed by atoms with Crippen molar-refractivity contribution in [3.8, 4) is 0 Å². The zero-order valence-corrected chi connectivity index (χ0v) is 29.1. The van der Waals surface area contributed by atoms with Gasteiger partial charge in [0, 0.05) is 12.8 Å². The van der Waals surface area contributed by atoms with E-state index in [0.717, 1.165) is 51.4 Å². The van der Waals surface area contributed by atoms with Gasteiger partial charge < -0.3 is 39.9 Å². The van der Waals surface area contributed by atoms with Gasteiger partial charge in [-0.2, -0.15) is 0 Å². The third kappa shape index (κ3) is 19.1. The number of aliphatic hydroxyl groups is 5. The lowest BCUT2D eigenvalue weighted by Gasteiger charge is -2.41. The van der Waals surface area contributed by atoms with Crippen LogP contribution in [0, 0.1) is 0 Å². The molecule has 3 unspecified atom stereocenters. The molecular formula is C34H57O13P.